The number of ether oxygens (including phenoxy) is 1. The van der Waals surface area contributed by atoms with E-state index < -0.39 is 11.7 Å². The Morgan fingerprint density at radius 2 is 1.94 bits per heavy atom. The molecule has 1 aromatic carbocycles. The summed E-state index contributed by atoms with van der Waals surface area (Å²) in [6.45, 7) is 0. The van der Waals surface area contributed by atoms with E-state index >= 15 is 0 Å². The van der Waals surface area contributed by atoms with Crippen LogP contribution in [0.3, 0.4) is 0 Å². The molecule has 0 radical (unpaired) electrons. The maximum atomic E-state index is 11.9. The number of halogens is 4. The molecular formula is C10H8ClF3N2O2. The molecule has 0 unspecified atom stereocenters. The summed E-state index contributed by atoms with van der Waals surface area (Å²) >= 11 is 5.14. The summed E-state index contributed by atoms with van der Waals surface area (Å²) < 4.78 is 39.3. The van der Waals surface area contributed by atoms with Crippen LogP contribution in [0.25, 0.3) is 0 Å². The Kier molecular flexibility index (Phi) is 4.55. The predicted octanol–water partition coefficient (Wildman–Crippen LogP) is 3.54. The Labute approximate surface area is 106 Å². The summed E-state index contributed by atoms with van der Waals surface area (Å²) in [6.07, 6.45) is -3.58. The van der Waals surface area contributed by atoms with E-state index in [2.05, 4.69) is 9.73 Å². The zero-order chi connectivity index (χ0) is 13.8. The second-order valence-electron chi connectivity index (χ2n) is 3.15. The highest BCUT2D eigenvalue weighted by Gasteiger charge is 2.30. The SMILES string of the molecule is CN(C=Nc1ccc(OC(F)(F)F)cc1)C(=O)Cl. The number of carbonyl (C=O) groups is 1. The van der Waals surface area contributed by atoms with Gasteiger partial charge in [0, 0.05) is 7.05 Å². The number of hydrogen-bond donors (Lipinski definition) is 0. The van der Waals surface area contributed by atoms with Gasteiger partial charge in [0.25, 0.3) is 0 Å². The Morgan fingerprint density at radius 3 is 2.39 bits per heavy atom. The molecule has 0 N–H and O–H groups in total. The molecule has 0 aliphatic rings. The molecule has 0 fully saturated rings. The number of amides is 1. The minimum atomic E-state index is -4.73. The first kappa shape index (κ1) is 14.3. The molecule has 0 aliphatic carbocycles. The largest absolute Gasteiger partial charge is 0.573 e. The van der Waals surface area contributed by atoms with E-state index in [4.69, 9.17) is 11.6 Å². The lowest BCUT2D eigenvalue weighted by Crippen LogP contribution is -2.18. The van der Waals surface area contributed by atoms with Gasteiger partial charge in [-0.05, 0) is 35.9 Å². The first-order valence-corrected chi connectivity index (χ1v) is 4.98. The molecule has 0 bridgehead atoms. The molecule has 0 spiro atoms. The van der Waals surface area contributed by atoms with Gasteiger partial charge < -0.3 is 4.74 Å². The van der Waals surface area contributed by atoms with E-state index in [0.717, 1.165) is 23.4 Å². The van der Waals surface area contributed by atoms with Gasteiger partial charge in [-0.1, -0.05) is 0 Å². The van der Waals surface area contributed by atoms with Gasteiger partial charge in [-0.15, -0.1) is 13.2 Å². The third kappa shape index (κ3) is 5.05. The lowest BCUT2D eigenvalue weighted by atomic mass is 10.3. The average Bonchev–Trinajstić information content (AvgIpc) is 2.25. The van der Waals surface area contributed by atoms with Gasteiger partial charge in [0.15, 0.2) is 0 Å². The van der Waals surface area contributed by atoms with Crippen molar-refractivity contribution in [1.82, 2.24) is 4.90 Å². The van der Waals surface area contributed by atoms with Crippen LogP contribution in [0.15, 0.2) is 29.3 Å². The molecule has 0 aliphatic heterocycles. The van der Waals surface area contributed by atoms with Crippen LogP contribution in [-0.4, -0.2) is 30.0 Å². The van der Waals surface area contributed by atoms with Crippen LogP contribution < -0.4 is 4.74 Å². The van der Waals surface area contributed by atoms with Crippen molar-refractivity contribution in [3.63, 3.8) is 0 Å². The molecule has 1 aromatic rings. The number of nitrogens with zero attached hydrogens (tertiary/aromatic N) is 2. The first-order chi connectivity index (χ1) is 8.28. The minimum Gasteiger partial charge on any atom is -0.406 e. The summed E-state index contributed by atoms with van der Waals surface area (Å²) in [5.41, 5.74) is 0.356. The third-order valence-corrected chi connectivity index (χ3v) is 1.99. The van der Waals surface area contributed by atoms with Gasteiger partial charge >= 0.3 is 11.7 Å². The van der Waals surface area contributed by atoms with E-state index in [1.807, 2.05) is 0 Å². The summed E-state index contributed by atoms with van der Waals surface area (Å²) in [5, 5.41) is -0.726. The Morgan fingerprint density at radius 1 is 1.39 bits per heavy atom. The van der Waals surface area contributed by atoms with Crippen molar-refractivity contribution in [2.75, 3.05) is 7.05 Å². The topological polar surface area (TPSA) is 41.9 Å². The second kappa shape index (κ2) is 5.72. The molecule has 4 nitrogen and oxygen atoms in total. The fourth-order valence-corrected chi connectivity index (χ4v) is 0.976. The zero-order valence-corrected chi connectivity index (χ0v) is 9.87. The highest BCUT2D eigenvalue weighted by Crippen LogP contribution is 2.24. The fourth-order valence-electron chi connectivity index (χ4n) is 0.933. The van der Waals surface area contributed by atoms with Crippen molar-refractivity contribution < 1.29 is 22.7 Å². The molecule has 8 heteroatoms. The molecule has 0 heterocycles. The number of carbonyl (C=O) groups excluding carboxylic acids is 1. The van der Waals surface area contributed by atoms with Crippen molar-refractivity contribution in [3.8, 4) is 5.75 Å². The van der Waals surface area contributed by atoms with E-state index in [1.54, 1.807) is 0 Å². The Bertz CT molecular complexity index is 445. The summed E-state index contributed by atoms with van der Waals surface area (Å²) in [7, 11) is 1.39. The second-order valence-corrected chi connectivity index (χ2v) is 3.47. The molecular weight excluding hydrogens is 273 g/mol. The van der Waals surface area contributed by atoms with Crippen LogP contribution in [0.1, 0.15) is 0 Å². The molecule has 0 aromatic heterocycles. The normalized spacial score (nSPS) is 11.6. The summed E-state index contributed by atoms with van der Waals surface area (Å²) in [5.74, 6) is -0.344. The monoisotopic (exact) mass is 280 g/mol. The van der Waals surface area contributed by atoms with Gasteiger partial charge in [0.2, 0.25) is 0 Å². The standard InChI is InChI=1S/C10H8ClF3N2O2/c1-16(9(11)17)6-15-7-2-4-8(5-3-7)18-10(12,13)14/h2-6H,1H3. The van der Waals surface area contributed by atoms with Crippen LogP contribution in [-0.2, 0) is 0 Å². The Balaban J connectivity index is 2.69. The van der Waals surface area contributed by atoms with E-state index in [0.29, 0.717) is 5.69 Å². The summed E-state index contributed by atoms with van der Waals surface area (Å²) in [4.78, 5) is 15.5. The van der Waals surface area contributed by atoms with Crippen molar-refractivity contribution in [1.29, 1.82) is 0 Å². The van der Waals surface area contributed by atoms with Crippen LogP contribution in [0.2, 0.25) is 0 Å². The smallest absolute Gasteiger partial charge is 0.406 e. The predicted molar refractivity (Wildman–Crippen MR) is 60.3 cm³/mol. The molecule has 18 heavy (non-hydrogen) atoms. The fraction of sp³-hybridized carbons (Fsp3) is 0.200. The first-order valence-electron chi connectivity index (χ1n) is 4.60. The molecule has 98 valence electrons. The van der Waals surface area contributed by atoms with Crippen LogP contribution >= 0.6 is 11.6 Å². The van der Waals surface area contributed by atoms with Gasteiger partial charge in [-0.2, -0.15) is 0 Å². The van der Waals surface area contributed by atoms with Gasteiger partial charge in [0.05, 0.1) is 12.0 Å². The molecule has 1 rings (SSSR count). The van der Waals surface area contributed by atoms with Crippen LogP contribution in [0.4, 0.5) is 23.7 Å². The number of rotatable bonds is 3. The number of aliphatic imine (C=N–C) groups is 1. The van der Waals surface area contributed by atoms with Crippen LogP contribution in [0.5, 0.6) is 5.75 Å². The highest BCUT2D eigenvalue weighted by atomic mass is 35.5. The molecule has 1 amide bonds. The average molecular weight is 281 g/mol. The third-order valence-electron chi connectivity index (χ3n) is 1.73. The van der Waals surface area contributed by atoms with Gasteiger partial charge in [-0.25, -0.2) is 4.99 Å². The maximum Gasteiger partial charge on any atom is 0.573 e. The Hall–Kier alpha value is -1.76. The molecule has 0 atom stereocenters. The number of benzene rings is 1. The van der Waals surface area contributed by atoms with Crippen LogP contribution in [0, 0.1) is 0 Å². The van der Waals surface area contributed by atoms with Crippen molar-refractivity contribution in [2.24, 2.45) is 4.99 Å². The lowest BCUT2D eigenvalue weighted by molar-refractivity contribution is -0.274. The van der Waals surface area contributed by atoms with E-state index in [-0.39, 0.29) is 5.75 Å². The molecule has 0 saturated heterocycles. The minimum absolute atomic E-state index is 0.344. The highest BCUT2D eigenvalue weighted by molar-refractivity contribution is 6.63. The zero-order valence-electron chi connectivity index (χ0n) is 9.11. The van der Waals surface area contributed by atoms with Gasteiger partial charge in [0.1, 0.15) is 5.75 Å². The van der Waals surface area contributed by atoms with Crippen molar-refractivity contribution >= 4 is 29.0 Å². The maximum absolute atomic E-state index is 11.9. The van der Waals surface area contributed by atoms with E-state index in [1.165, 1.54) is 19.2 Å². The number of hydrogen-bond acceptors (Lipinski definition) is 3. The molecule has 0 saturated carbocycles. The van der Waals surface area contributed by atoms with E-state index in [9.17, 15) is 18.0 Å². The van der Waals surface area contributed by atoms with Crippen molar-refractivity contribution in [2.45, 2.75) is 6.36 Å². The lowest BCUT2D eigenvalue weighted by Gasteiger charge is -2.08. The summed E-state index contributed by atoms with van der Waals surface area (Å²) in [6, 6.07) is 4.85. The quantitative estimate of drug-likeness (QED) is 0.368. The van der Waals surface area contributed by atoms with Crippen molar-refractivity contribution in [3.05, 3.63) is 24.3 Å². The van der Waals surface area contributed by atoms with Gasteiger partial charge in [-0.3, -0.25) is 9.69 Å². The number of alkyl halides is 3.